The highest BCUT2D eigenvalue weighted by Gasteiger charge is 2.22. The number of benzene rings is 1. The van der Waals surface area contributed by atoms with E-state index in [2.05, 4.69) is 32.9 Å². The molecule has 146 valence electrons. The highest BCUT2D eigenvalue weighted by Crippen LogP contribution is 2.24. The van der Waals surface area contributed by atoms with Crippen molar-refractivity contribution < 1.29 is 18.3 Å². The summed E-state index contributed by atoms with van der Waals surface area (Å²) in [7, 11) is 0. The topological polar surface area (TPSA) is 32.8 Å². The number of ether oxygens (including phenoxy) is 1. The lowest BCUT2D eigenvalue weighted by atomic mass is 9.87. The number of hydrogen-bond donors (Lipinski definition) is 0. The second-order valence-corrected chi connectivity index (χ2v) is 7.80. The van der Waals surface area contributed by atoms with Crippen molar-refractivity contribution in [1.29, 1.82) is 0 Å². The van der Waals surface area contributed by atoms with Crippen LogP contribution in [-0.2, 0) is 10.2 Å². The van der Waals surface area contributed by atoms with Crippen molar-refractivity contribution in [2.45, 2.75) is 45.5 Å². The normalized spacial score (nSPS) is 16.2. The van der Waals surface area contributed by atoms with Gasteiger partial charge in [0, 0.05) is 32.6 Å². The maximum atomic E-state index is 12.4. The van der Waals surface area contributed by atoms with E-state index in [4.69, 9.17) is 4.74 Å². The van der Waals surface area contributed by atoms with Crippen molar-refractivity contribution in [2.75, 3.05) is 39.3 Å². The Bertz CT molecular complexity index is 562. The molecule has 1 amide bonds. The third-order valence-electron chi connectivity index (χ3n) is 4.65. The van der Waals surface area contributed by atoms with Crippen LogP contribution in [0.5, 0.6) is 5.75 Å². The molecule has 1 aromatic carbocycles. The van der Waals surface area contributed by atoms with E-state index in [9.17, 15) is 13.6 Å². The fourth-order valence-electron chi connectivity index (χ4n) is 3.00. The third kappa shape index (κ3) is 6.56. The SMILES string of the molecule is CC(C)(C)c1ccc(OCCCC(=O)N2CCN(CC(F)F)CC2)cc1. The first-order valence-corrected chi connectivity index (χ1v) is 9.27. The molecule has 0 atom stereocenters. The monoisotopic (exact) mass is 368 g/mol. The van der Waals surface area contributed by atoms with Crippen LogP contribution in [0.25, 0.3) is 0 Å². The molecule has 0 bridgehead atoms. The number of rotatable bonds is 7. The zero-order valence-electron chi connectivity index (χ0n) is 16.0. The molecular weight excluding hydrogens is 338 g/mol. The molecule has 4 nitrogen and oxygen atoms in total. The molecule has 0 radical (unpaired) electrons. The molecule has 0 N–H and O–H groups in total. The summed E-state index contributed by atoms with van der Waals surface area (Å²) in [5, 5.41) is 0. The van der Waals surface area contributed by atoms with Gasteiger partial charge >= 0.3 is 0 Å². The van der Waals surface area contributed by atoms with Gasteiger partial charge in [0.15, 0.2) is 0 Å². The predicted molar refractivity (Wildman–Crippen MR) is 98.9 cm³/mol. The van der Waals surface area contributed by atoms with Gasteiger partial charge < -0.3 is 9.64 Å². The van der Waals surface area contributed by atoms with Gasteiger partial charge in [-0.2, -0.15) is 0 Å². The van der Waals surface area contributed by atoms with Gasteiger partial charge in [-0.05, 0) is 29.5 Å². The predicted octanol–water partition coefficient (Wildman–Crippen LogP) is 3.55. The Morgan fingerprint density at radius 3 is 2.27 bits per heavy atom. The lowest BCUT2D eigenvalue weighted by Crippen LogP contribution is -2.49. The fraction of sp³-hybridized carbons (Fsp3) is 0.650. The summed E-state index contributed by atoms with van der Waals surface area (Å²) in [5.74, 6) is 0.888. The Balaban J connectivity index is 1.65. The number of carbonyl (C=O) groups is 1. The van der Waals surface area contributed by atoms with Gasteiger partial charge in [0.05, 0.1) is 13.2 Å². The van der Waals surface area contributed by atoms with Crippen LogP contribution in [0.4, 0.5) is 8.78 Å². The van der Waals surface area contributed by atoms with Gasteiger partial charge in [0.2, 0.25) is 5.91 Å². The number of piperazine rings is 1. The van der Waals surface area contributed by atoms with Crippen molar-refractivity contribution in [3.63, 3.8) is 0 Å². The van der Waals surface area contributed by atoms with Crippen LogP contribution in [-0.4, -0.2) is 61.5 Å². The lowest BCUT2D eigenvalue weighted by molar-refractivity contribution is -0.133. The lowest BCUT2D eigenvalue weighted by Gasteiger charge is -2.34. The minimum absolute atomic E-state index is 0.0772. The van der Waals surface area contributed by atoms with Crippen molar-refractivity contribution in [3.05, 3.63) is 29.8 Å². The molecule has 26 heavy (non-hydrogen) atoms. The van der Waals surface area contributed by atoms with Crippen molar-refractivity contribution in [3.8, 4) is 5.75 Å². The molecule has 1 aliphatic rings. The number of halogens is 2. The molecule has 0 saturated carbocycles. The quantitative estimate of drug-likeness (QED) is 0.690. The van der Waals surface area contributed by atoms with Crippen LogP contribution in [0.15, 0.2) is 24.3 Å². The van der Waals surface area contributed by atoms with Gasteiger partial charge in [-0.3, -0.25) is 9.69 Å². The Labute approximate surface area is 155 Å². The first-order chi connectivity index (χ1) is 12.3. The molecule has 0 aromatic heterocycles. The zero-order chi connectivity index (χ0) is 19.2. The molecule has 1 heterocycles. The molecule has 1 aromatic rings. The van der Waals surface area contributed by atoms with E-state index in [0.29, 0.717) is 45.6 Å². The van der Waals surface area contributed by atoms with Crippen molar-refractivity contribution in [2.24, 2.45) is 0 Å². The van der Waals surface area contributed by atoms with E-state index < -0.39 is 6.43 Å². The molecule has 1 fully saturated rings. The molecule has 0 unspecified atom stereocenters. The fourth-order valence-corrected chi connectivity index (χ4v) is 3.00. The van der Waals surface area contributed by atoms with Crippen LogP contribution in [0.1, 0.15) is 39.2 Å². The molecule has 2 rings (SSSR count). The summed E-state index contributed by atoms with van der Waals surface area (Å²) in [4.78, 5) is 15.7. The Morgan fingerprint density at radius 1 is 1.12 bits per heavy atom. The van der Waals surface area contributed by atoms with E-state index in [1.807, 2.05) is 12.1 Å². The smallest absolute Gasteiger partial charge is 0.251 e. The molecule has 6 heteroatoms. The Hall–Kier alpha value is -1.69. The summed E-state index contributed by atoms with van der Waals surface area (Å²) in [6.45, 7) is 8.89. The summed E-state index contributed by atoms with van der Waals surface area (Å²) in [6, 6.07) is 8.06. The van der Waals surface area contributed by atoms with Crippen molar-refractivity contribution in [1.82, 2.24) is 9.80 Å². The first kappa shape index (κ1) is 20.6. The first-order valence-electron chi connectivity index (χ1n) is 9.27. The van der Waals surface area contributed by atoms with Crippen LogP contribution in [0.2, 0.25) is 0 Å². The largest absolute Gasteiger partial charge is 0.494 e. The molecule has 1 saturated heterocycles. The van der Waals surface area contributed by atoms with Gasteiger partial charge in [-0.1, -0.05) is 32.9 Å². The maximum Gasteiger partial charge on any atom is 0.251 e. The Morgan fingerprint density at radius 2 is 1.73 bits per heavy atom. The summed E-state index contributed by atoms with van der Waals surface area (Å²) in [5.41, 5.74) is 1.37. The highest BCUT2D eigenvalue weighted by molar-refractivity contribution is 5.76. The van der Waals surface area contributed by atoms with E-state index >= 15 is 0 Å². The average Bonchev–Trinajstić information content (AvgIpc) is 2.58. The van der Waals surface area contributed by atoms with E-state index in [1.54, 1.807) is 9.80 Å². The minimum atomic E-state index is -2.31. The summed E-state index contributed by atoms with van der Waals surface area (Å²) in [6.07, 6.45) is -1.24. The molecule has 0 spiro atoms. The highest BCUT2D eigenvalue weighted by atomic mass is 19.3. The van der Waals surface area contributed by atoms with E-state index in [0.717, 1.165) is 5.75 Å². The Kier molecular flexibility index (Phi) is 7.38. The second kappa shape index (κ2) is 9.31. The van der Waals surface area contributed by atoms with Crippen LogP contribution >= 0.6 is 0 Å². The number of hydrogen-bond acceptors (Lipinski definition) is 3. The maximum absolute atomic E-state index is 12.4. The van der Waals surface area contributed by atoms with Gasteiger partial charge in [0.25, 0.3) is 6.43 Å². The number of amides is 1. The van der Waals surface area contributed by atoms with Crippen LogP contribution < -0.4 is 4.74 Å². The van der Waals surface area contributed by atoms with Gasteiger partial charge in [-0.25, -0.2) is 8.78 Å². The number of alkyl halides is 2. The molecular formula is C20H30F2N2O2. The average molecular weight is 368 g/mol. The zero-order valence-corrected chi connectivity index (χ0v) is 16.0. The van der Waals surface area contributed by atoms with Gasteiger partial charge in [-0.15, -0.1) is 0 Å². The minimum Gasteiger partial charge on any atom is -0.494 e. The van der Waals surface area contributed by atoms with Gasteiger partial charge in [0.1, 0.15) is 5.75 Å². The number of nitrogens with zero attached hydrogens (tertiary/aromatic N) is 2. The summed E-state index contributed by atoms with van der Waals surface area (Å²) < 4.78 is 30.4. The third-order valence-corrected chi connectivity index (χ3v) is 4.65. The summed E-state index contributed by atoms with van der Waals surface area (Å²) >= 11 is 0. The standard InChI is InChI=1S/C20H30F2N2O2/c1-20(2,3)16-6-8-17(9-7-16)26-14-4-5-19(25)24-12-10-23(11-13-24)15-18(21)22/h6-9,18H,4-5,10-15H2,1-3H3. The molecule has 1 aliphatic heterocycles. The molecule has 0 aliphatic carbocycles. The number of carbonyl (C=O) groups excluding carboxylic acids is 1. The van der Waals surface area contributed by atoms with E-state index in [-0.39, 0.29) is 17.9 Å². The second-order valence-electron chi connectivity index (χ2n) is 7.80. The van der Waals surface area contributed by atoms with Crippen LogP contribution in [0.3, 0.4) is 0 Å². The van der Waals surface area contributed by atoms with Crippen LogP contribution in [0, 0.1) is 0 Å². The van der Waals surface area contributed by atoms with E-state index in [1.165, 1.54) is 5.56 Å². The van der Waals surface area contributed by atoms with Crippen molar-refractivity contribution >= 4 is 5.91 Å².